The minimum Gasteiger partial charge on any atom is -0.301 e. The number of carbonyl (C=O) groups excluding carboxylic acids is 1. The summed E-state index contributed by atoms with van der Waals surface area (Å²) in [6.45, 7) is 4.00. The van der Waals surface area contributed by atoms with Gasteiger partial charge in [0.1, 0.15) is 0 Å². The molecule has 0 unspecified atom stereocenters. The molecule has 2 aromatic heterocycles. The molecule has 4 nitrogen and oxygen atoms in total. The van der Waals surface area contributed by atoms with Crippen molar-refractivity contribution in [3.8, 4) is 11.3 Å². The molecule has 25 heavy (non-hydrogen) atoms. The van der Waals surface area contributed by atoms with Gasteiger partial charge in [0.15, 0.2) is 5.13 Å². The fourth-order valence-electron chi connectivity index (χ4n) is 2.23. The number of hydrogen-bond acceptors (Lipinski definition) is 5. The van der Waals surface area contributed by atoms with E-state index in [1.54, 1.807) is 6.20 Å². The Morgan fingerprint density at radius 3 is 2.72 bits per heavy atom. The summed E-state index contributed by atoms with van der Waals surface area (Å²) in [5.74, 6) is -0.0714. The Morgan fingerprint density at radius 2 is 2.04 bits per heavy atom. The first kappa shape index (κ1) is 17.6. The number of thiazole rings is 1. The Bertz CT molecular complexity index is 831. The monoisotopic (exact) mass is 369 g/mol. The second-order valence-electron chi connectivity index (χ2n) is 5.51. The van der Waals surface area contributed by atoms with Crippen molar-refractivity contribution in [2.75, 3.05) is 5.32 Å². The summed E-state index contributed by atoms with van der Waals surface area (Å²) in [5.41, 5.74) is 3.24. The average Bonchev–Trinajstić information content (AvgIpc) is 3.11. The second kappa shape index (κ2) is 8.27. The maximum atomic E-state index is 12.4. The van der Waals surface area contributed by atoms with Gasteiger partial charge in [-0.05, 0) is 31.0 Å². The van der Waals surface area contributed by atoms with Crippen LogP contribution < -0.4 is 5.32 Å². The third-order valence-corrected chi connectivity index (χ3v) is 5.51. The fraction of sp³-hybridized carbons (Fsp3) is 0.211. The van der Waals surface area contributed by atoms with Crippen molar-refractivity contribution in [2.24, 2.45) is 0 Å². The highest BCUT2D eigenvalue weighted by Gasteiger charge is 2.16. The molecule has 3 aromatic rings. The summed E-state index contributed by atoms with van der Waals surface area (Å²) in [4.78, 5) is 21.1. The van der Waals surface area contributed by atoms with Crippen LogP contribution in [0.3, 0.4) is 0 Å². The molecule has 1 N–H and O–H groups in total. The van der Waals surface area contributed by atoms with Gasteiger partial charge >= 0.3 is 0 Å². The van der Waals surface area contributed by atoms with Gasteiger partial charge in [0.05, 0.1) is 16.0 Å². The summed E-state index contributed by atoms with van der Waals surface area (Å²) in [7, 11) is 0. The Hall–Kier alpha value is -2.18. The van der Waals surface area contributed by atoms with Crippen LogP contribution in [0.5, 0.6) is 0 Å². The molecular weight excluding hydrogens is 350 g/mol. The molecule has 0 fully saturated rings. The Morgan fingerprint density at radius 1 is 1.24 bits per heavy atom. The van der Waals surface area contributed by atoms with Crippen molar-refractivity contribution in [3.63, 3.8) is 0 Å². The van der Waals surface area contributed by atoms with Gasteiger partial charge in [0, 0.05) is 17.1 Å². The molecule has 1 atom stereocenters. The number of amides is 1. The van der Waals surface area contributed by atoms with E-state index in [1.807, 2.05) is 30.5 Å². The molecule has 0 radical (unpaired) electrons. The number of aromatic nitrogens is 2. The number of nitrogens with one attached hydrogen (secondary N) is 1. The Kier molecular flexibility index (Phi) is 5.83. The van der Waals surface area contributed by atoms with Gasteiger partial charge < -0.3 is 5.32 Å². The first-order valence-electron chi connectivity index (χ1n) is 8.09. The van der Waals surface area contributed by atoms with E-state index in [1.165, 1.54) is 28.7 Å². The minimum atomic E-state index is -0.244. The molecule has 1 amide bonds. The molecule has 128 valence electrons. The quantitative estimate of drug-likeness (QED) is 0.629. The van der Waals surface area contributed by atoms with E-state index in [2.05, 4.69) is 46.5 Å². The predicted molar refractivity (Wildman–Crippen MR) is 105 cm³/mol. The van der Waals surface area contributed by atoms with E-state index < -0.39 is 0 Å². The topological polar surface area (TPSA) is 54.9 Å². The molecule has 3 rings (SSSR count). The lowest BCUT2D eigenvalue weighted by atomic mass is 10.1. The summed E-state index contributed by atoms with van der Waals surface area (Å²) >= 11 is 2.87. The fourth-order valence-corrected chi connectivity index (χ4v) is 3.76. The molecule has 6 heteroatoms. The highest BCUT2D eigenvalue weighted by Crippen LogP contribution is 2.27. The summed E-state index contributed by atoms with van der Waals surface area (Å²) in [5, 5.41) is 6.07. The maximum Gasteiger partial charge on any atom is 0.239 e. The van der Waals surface area contributed by atoms with Gasteiger partial charge in [0.2, 0.25) is 5.91 Å². The van der Waals surface area contributed by atoms with E-state index in [-0.39, 0.29) is 11.2 Å². The number of hydrogen-bond donors (Lipinski definition) is 1. The van der Waals surface area contributed by atoms with Gasteiger partial charge in [-0.3, -0.25) is 4.79 Å². The van der Waals surface area contributed by atoms with Crippen molar-refractivity contribution in [1.82, 2.24) is 9.97 Å². The van der Waals surface area contributed by atoms with Crippen LogP contribution in [0.2, 0.25) is 0 Å². The standard InChI is InChI=1S/C19H19N3OS2/c1-3-14-7-9-15(10-8-14)16-12-24-19(21-16)22-18(23)13(2)25-17-6-4-5-11-20-17/h4-13H,3H2,1-2H3,(H,21,22,23)/t13-/m0/s1. The molecule has 0 bridgehead atoms. The molecule has 2 heterocycles. The highest BCUT2D eigenvalue weighted by molar-refractivity contribution is 8.00. The lowest BCUT2D eigenvalue weighted by Crippen LogP contribution is -2.22. The third kappa shape index (κ3) is 4.67. The summed E-state index contributed by atoms with van der Waals surface area (Å²) in [6, 6.07) is 14.0. The van der Waals surface area contributed by atoms with Gasteiger partial charge in [-0.2, -0.15) is 0 Å². The first-order chi connectivity index (χ1) is 12.2. The van der Waals surface area contributed by atoms with Crippen LogP contribution in [-0.2, 0) is 11.2 Å². The lowest BCUT2D eigenvalue weighted by Gasteiger charge is -2.09. The molecule has 0 spiro atoms. The van der Waals surface area contributed by atoms with E-state index >= 15 is 0 Å². The number of rotatable bonds is 6. The Labute approximate surface area is 155 Å². The minimum absolute atomic E-state index is 0.0714. The smallest absolute Gasteiger partial charge is 0.239 e. The highest BCUT2D eigenvalue weighted by atomic mass is 32.2. The van der Waals surface area contributed by atoms with Gasteiger partial charge in [-0.25, -0.2) is 9.97 Å². The van der Waals surface area contributed by atoms with Gasteiger partial charge in [-0.1, -0.05) is 49.0 Å². The molecule has 0 aliphatic rings. The molecular formula is C19H19N3OS2. The number of carbonyl (C=O) groups is 1. The first-order valence-corrected chi connectivity index (χ1v) is 9.85. The number of benzene rings is 1. The van der Waals surface area contributed by atoms with Crippen LogP contribution in [-0.4, -0.2) is 21.1 Å². The van der Waals surface area contributed by atoms with Gasteiger partial charge in [0.25, 0.3) is 0 Å². The zero-order valence-corrected chi connectivity index (χ0v) is 15.7. The van der Waals surface area contributed by atoms with Crippen LogP contribution in [0.4, 0.5) is 5.13 Å². The zero-order chi connectivity index (χ0) is 17.6. The number of thioether (sulfide) groups is 1. The predicted octanol–water partition coefficient (Wildman–Crippen LogP) is 4.89. The van der Waals surface area contributed by atoms with E-state index in [0.29, 0.717) is 5.13 Å². The SMILES string of the molecule is CCc1ccc(-c2csc(NC(=O)[C@H](C)Sc3ccccn3)n2)cc1. The third-order valence-electron chi connectivity index (χ3n) is 3.70. The molecule has 0 saturated carbocycles. The van der Waals surface area contributed by atoms with Crippen LogP contribution in [0.1, 0.15) is 19.4 Å². The number of pyridine rings is 1. The zero-order valence-electron chi connectivity index (χ0n) is 14.1. The van der Waals surface area contributed by atoms with Crippen molar-refractivity contribution in [1.29, 1.82) is 0 Å². The second-order valence-corrected chi connectivity index (χ2v) is 7.72. The molecule has 0 aliphatic heterocycles. The molecule has 1 aromatic carbocycles. The number of aryl methyl sites for hydroxylation is 1. The van der Waals surface area contributed by atoms with Crippen LogP contribution in [0.15, 0.2) is 59.1 Å². The van der Waals surface area contributed by atoms with Crippen molar-refractivity contribution >= 4 is 34.1 Å². The van der Waals surface area contributed by atoms with E-state index in [0.717, 1.165) is 22.7 Å². The Balaban J connectivity index is 1.63. The van der Waals surface area contributed by atoms with Crippen molar-refractivity contribution in [2.45, 2.75) is 30.5 Å². The summed E-state index contributed by atoms with van der Waals surface area (Å²) < 4.78 is 0. The van der Waals surface area contributed by atoms with Crippen molar-refractivity contribution in [3.05, 3.63) is 59.6 Å². The largest absolute Gasteiger partial charge is 0.301 e. The molecule has 0 saturated heterocycles. The number of nitrogens with zero attached hydrogens (tertiary/aromatic N) is 2. The van der Waals surface area contributed by atoms with Crippen molar-refractivity contribution < 1.29 is 4.79 Å². The number of anilines is 1. The van der Waals surface area contributed by atoms with Crippen LogP contribution in [0.25, 0.3) is 11.3 Å². The van der Waals surface area contributed by atoms with Crippen LogP contribution >= 0.6 is 23.1 Å². The maximum absolute atomic E-state index is 12.4. The summed E-state index contributed by atoms with van der Waals surface area (Å²) in [6.07, 6.45) is 2.74. The van der Waals surface area contributed by atoms with Crippen LogP contribution in [0, 0.1) is 0 Å². The normalized spacial score (nSPS) is 11.9. The average molecular weight is 370 g/mol. The lowest BCUT2D eigenvalue weighted by molar-refractivity contribution is -0.115. The van der Waals surface area contributed by atoms with Gasteiger partial charge in [-0.15, -0.1) is 11.3 Å². The molecule has 0 aliphatic carbocycles. The van der Waals surface area contributed by atoms with E-state index in [9.17, 15) is 4.79 Å². The van der Waals surface area contributed by atoms with E-state index in [4.69, 9.17) is 0 Å².